The molecule has 2 nitrogen and oxygen atoms in total. The summed E-state index contributed by atoms with van der Waals surface area (Å²) in [5, 5.41) is 9.23. The summed E-state index contributed by atoms with van der Waals surface area (Å²) in [6.07, 6.45) is -8.20. The number of rotatable bonds is 3. The number of benzene rings is 2. The zero-order valence-electron chi connectivity index (χ0n) is 12.3. The highest BCUT2D eigenvalue weighted by Gasteiger charge is 2.31. The third kappa shape index (κ3) is 4.62. The number of carboxylic acid groups (broad SMARTS) is 1. The van der Waals surface area contributed by atoms with Gasteiger partial charge in [-0.05, 0) is 41.5 Å². The van der Waals surface area contributed by atoms with Gasteiger partial charge in [0.25, 0.3) is 0 Å². The van der Waals surface area contributed by atoms with Crippen LogP contribution < -0.4 is 0 Å². The fraction of sp³-hybridized carbons (Fsp3) is 0.118. The lowest BCUT2D eigenvalue weighted by atomic mass is 10.0. The highest BCUT2D eigenvalue weighted by atomic mass is 19.4. The van der Waals surface area contributed by atoms with Gasteiger partial charge in [0.05, 0.1) is 16.7 Å². The fourth-order valence-corrected chi connectivity index (χ4v) is 2.08. The monoisotopic (exact) mass is 360 g/mol. The van der Waals surface area contributed by atoms with Crippen LogP contribution in [-0.4, -0.2) is 11.1 Å². The minimum Gasteiger partial charge on any atom is -0.478 e. The highest BCUT2D eigenvalue weighted by molar-refractivity contribution is 6.20. The number of carboxylic acids is 1. The maximum absolute atomic E-state index is 12.7. The van der Waals surface area contributed by atoms with Gasteiger partial charge in [-0.25, -0.2) is 4.79 Å². The molecule has 8 heteroatoms. The maximum atomic E-state index is 12.7. The van der Waals surface area contributed by atoms with E-state index in [2.05, 4.69) is 0 Å². The third-order valence-corrected chi connectivity index (χ3v) is 3.28. The largest absolute Gasteiger partial charge is 0.478 e. The van der Waals surface area contributed by atoms with Crippen LogP contribution in [0.25, 0.3) is 11.6 Å². The molecule has 0 aliphatic heterocycles. The molecule has 0 fully saturated rings. The summed E-state index contributed by atoms with van der Waals surface area (Å²) in [5.41, 5.74) is -2.43. The second kappa shape index (κ2) is 6.62. The molecular weight excluding hydrogens is 350 g/mol. The Kier molecular flexibility index (Phi) is 4.92. The Balaban J connectivity index is 2.45. The van der Waals surface area contributed by atoms with Crippen molar-refractivity contribution in [1.82, 2.24) is 0 Å². The van der Waals surface area contributed by atoms with Crippen molar-refractivity contribution in [2.45, 2.75) is 12.4 Å². The average molecular weight is 360 g/mol. The Morgan fingerprint density at radius 1 is 0.840 bits per heavy atom. The molecule has 25 heavy (non-hydrogen) atoms. The van der Waals surface area contributed by atoms with Crippen LogP contribution in [0, 0.1) is 0 Å². The molecule has 2 aromatic rings. The molecule has 0 aliphatic rings. The zero-order valence-corrected chi connectivity index (χ0v) is 12.3. The van der Waals surface area contributed by atoms with Crippen molar-refractivity contribution >= 4 is 17.6 Å². The van der Waals surface area contributed by atoms with Crippen LogP contribution in [-0.2, 0) is 17.1 Å². The molecule has 1 N–H and O–H groups in total. The molecule has 0 atom stereocenters. The zero-order chi connectivity index (χ0) is 18.8. The van der Waals surface area contributed by atoms with Gasteiger partial charge in [-0.2, -0.15) is 26.3 Å². The van der Waals surface area contributed by atoms with Crippen LogP contribution in [0.15, 0.2) is 48.5 Å². The van der Waals surface area contributed by atoms with Gasteiger partial charge in [-0.1, -0.05) is 24.3 Å². The Morgan fingerprint density at radius 3 is 1.88 bits per heavy atom. The lowest BCUT2D eigenvalue weighted by Crippen LogP contribution is -2.06. The first kappa shape index (κ1) is 18.6. The summed E-state index contributed by atoms with van der Waals surface area (Å²) in [7, 11) is 0. The summed E-state index contributed by atoms with van der Waals surface area (Å²) < 4.78 is 75.7. The number of hydrogen-bond donors (Lipinski definition) is 1. The normalized spacial score (nSPS) is 13.0. The molecular formula is C17H10F6O2. The highest BCUT2D eigenvalue weighted by Crippen LogP contribution is 2.32. The molecule has 0 unspecified atom stereocenters. The first-order valence-corrected chi connectivity index (χ1v) is 6.78. The van der Waals surface area contributed by atoms with E-state index in [-0.39, 0.29) is 11.1 Å². The Hall–Kier alpha value is -2.77. The number of hydrogen-bond acceptors (Lipinski definition) is 1. The summed E-state index contributed by atoms with van der Waals surface area (Å²) in [6, 6.07) is 7.29. The topological polar surface area (TPSA) is 37.3 Å². The van der Waals surface area contributed by atoms with Gasteiger partial charge in [0.1, 0.15) is 0 Å². The second-order valence-corrected chi connectivity index (χ2v) is 5.06. The molecule has 0 aliphatic carbocycles. The molecule has 0 saturated heterocycles. The lowest BCUT2D eigenvalue weighted by Gasteiger charge is -2.09. The third-order valence-electron chi connectivity index (χ3n) is 3.28. The molecule has 0 radical (unpaired) electrons. The van der Waals surface area contributed by atoms with Gasteiger partial charge >= 0.3 is 18.3 Å². The van der Waals surface area contributed by atoms with Crippen molar-refractivity contribution in [2.24, 2.45) is 0 Å². The molecule has 0 spiro atoms. The number of carbonyl (C=O) groups is 1. The molecule has 0 aromatic heterocycles. The van der Waals surface area contributed by atoms with E-state index >= 15 is 0 Å². The van der Waals surface area contributed by atoms with Crippen molar-refractivity contribution in [3.63, 3.8) is 0 Å². The van der Waals surface area contributed by atoms with Gasteiger partial charge < -0.3 is 5.11 Å². The molecule has 0 heterocycles. The van der Waals surface area contributed by atoms with Crippen molar-refractivity contribution in [1.29, 1.82) is 0 Å². The Bertz CT molecular complexity index is 801. The SMILES string of the molecule is O=C(O)/C(=C\c1cccc(C(F)(F)F)c1)c1ccc(C(F)(F)F)cc1. The van der Waals surface area contributed by atoms with E-state index in [0.29, 0.717) is 12.1 Å². The van der Waals surface area contributed by atoms with Gasteiger partial charge in [-0.3, -0.25) is 0 Å². The second-order valence-electron chi connectivity index (χ2n) is 5.06. The quantitative estimate of drug-likeness (QED) is 0.455. The van der Waals surface area contributed by atoms with Gasteiger partial charge in [0.2, 0.25) is 0 Å². The predicted molar refractivity (Wildman–Crippen MR) is 78.4 cm³/mol. The molecule has 0 saturated carbocycles. The van der Waals surface area contributed by atoms with Crippen LogP contribution in [0.3, 0.4) is 0 Å². The smallest absolute Gasteiger partial charge is 0.416 e. The van der Waals surface area contributed by atoms with Crippen LogP contribution in [0.5, 0.6) is 0 Å². The van der Waals surface area contributed by atoms with Crippen molar-refractivity contribution in [3.05, 3.63) is 70.8 Å². The van der Waals surface area contributed by atoms with Crippen LogP contribution in [0.4, 0.5) is 26.3 Å². The molecule has 0 bridgehead atoms. The molecule has 2 aromatic carbocycles. The van der Waals surface area contributed by atoms with E-state index in [4.69, 9.17) is 0 Å². The number of aliphatic carboxylic acids is 1. The minimum absolute atomic E-state index is 0.0351. The summed E-state index contributed by atoms with van der Waals surface area (Å²) in [6.45, 7) is 0. The Morgan fingerprint density at radius 2 is 1.40 bits per heavy atom. The minimum atomic E-state index is -4.60. The van der Waals surface area contributed by atoms with Gasteiger partial charge in [0, 0.05) is 0 Å². The summed E-state index contributed by atoms with van der Waals surface area (Å²) in [4.78, 5) is 11.4. The number of alkyl halides is 6. The van der Waals surface area contributed by atoms with Crippen molar-refractivity contribution in [3.8, 4) is 0 Å². The van der Waals surface area contributed by atoms with E-state index in [1.165, 1.54) is 6.07 Å². The van der Waals surface area contributed by atoms with Crippen molar-refractivity contribution < 1.29 is 36.2 Å². The maximum Gasteiger partial charge on any atom is 0.416 e. The van der Waals surface area contributed by atoms with E-state index in [0.717, 1.165) is 36.4 Å². The van der Waals surface area contributed by atoms with Crippen molar-refractivity contribution in [2.75, 3.05) is 0 Å². The summed E-state index contributed by atoms with van der Waals surface area (Å²) in [5.74, 6) is -1.47. The van der Waals surface area contributed by atoms with E-state index in [1.54, 1.807) is 0 Å². The number of halogens is 6. The lowest BCUT2D eigenvalue weighted by molar-refractivity contribution is -0.138. The molecule has 0 amide bonds. The Labute approximate surface area is 138 Å². The first-order chi connectivity index (χ1) is 11.5. The van der Waals surface area contributed by atoms with Crippen LogP contribution >= 0.6 is 0 Å². The molecule has 2 rings (SSSR count). The molecule has 132 valence electrons. The predicted octanol–water partition coefficient (Wildman–Crippen LogP) is 5.35. The average Bonchev–Trinajstić information content (AvgIpc) is 2.51. The van der Waals surface area contributed by atoms with Crippen LogP contribution in [0.1, 0.15) is 22.3 Å². The van der Waals surface area contributed by atoms with Gasteiger partial charge in [0.15, 0.2) is 0 Å². The fourth-order valence-electron chi connectivity index (χ4n) is 2.08. The summed E-state index contributed by atoms with van der Waals surface area (Å²) >= 11 is 0. The van der Waals surface area contributed by atoms with E-state index in [9.17, 15) is 36.2 Å². The first-order valence-electron chi connectivity index (χ1n) is 6.78. The van der Waals surface area contributed by atoms with Gasteiger partial charge in [-0.15, -0.1) is 0 Å². The van der Waals surface area contributed by atoms with E-state index < -0.39 is 35.0 Å². The van der Waals surface area contributed by atoms with E-state index in [1.807, 2.05) is 0 Å². The van der Waals surface area contributed by atoms with Crippen LogP contribution in [0.2, 0.25) is 0 Å². The standard InChI is InChI=1S/C17H10F6O2/c18-16(19,20)12-6-4-11(5-7-12)14(15(24)25)9-10-2-1-3-13(8-10)17(21,22)23/h1-9H,(H,24,25)/b14-9-.